The second-order valence-electron chi connectivity index (χ2n) is 5.14. The van der Waals surface area contributed by atoms with Crippen LogP contribution in [0.2, 0.25) is 0 Å². The lowest BCUT2D eigenvalue weighted by Gasteiger charge is -2.21. The molecule has 0 atom stereocenters. The summed E-state index contributed by atoms with van der Waals surface area (Å²) < 4.78 is 6.14. The van der Waals surface area contributed by atoms with Crippen molar-refractivity contribution in [2.75, 3.05) is 6.61 Å². The highest BCUT2D eigenvalue weighted by molar-refractivity contribution is 6.02. The molecular weight excluding hydrogens is 260 g/mol. The van der Waals surface area contributed by atoms with Crippen molar-refractivity contribution < 1.29 is 14.3 Å². The minimum atomic E-state index is -1.28. The van der Waals surface area contributed by atoms with Crippen LogP contribution in [0.5, 0.6) is 0 Å². The highest BCUT2D eigenvalue weighted by Crippen LogP contribution is 2.19. The van der Waals surface area contributed by atoms with Crippen LogP contribution in [-0.2, 0) is 20.9 Å². The summed E-state index contributed by atoms with van der Waals surface area (Å²) in [6.45, 7) is 8.05. The maximum atomic E-state index is 12.3. The molecule has 0 saturated heterocycles. The predicted octanol–water partition coefficient (Wildman–Crippen LogP) is 1.02. The first-order chi connectivity index (χ1) is 9.20. The standard InChI is InChI=1S/C14H20N2O4/c1-6-20-13(19)14(4,5)11(17)8-16-10(3)15-9(2)7-12(16)18/h7H,6,8H2,1-5H3. The number of rotatable bonds is 5. The molecule has 0 aromatic carbocycles. The molecule has 0 bridgehead atoms. The molecular formula is C14H20N2O4. The fraction of sp³-hybridized carbons (Fsp3) is 0.571. The number of esters is 1. The van der Waals surface area contributed by atoms with Gasteiger partial charge in [-0.05, 0) is 34.6 Å². The molecule has 0 saturated carbocycles. The van der Waals surface area contributed by atoms with E-state index in [-0.39, 0.29) is 24.5 Å². The topological polar surface area (TPSA) is 78.3 Å². The summed E-state index contributed by atoms with van der Waals surface area (Å²) in [5.74, 6) is -0.523. The lowest BCUT2D eigenvalue weighted by molar-refractivity contribution is -0.158. The van der Waals surface area contributed by atoms with Gasteiger partial charge in [-0.25, -0.2) is 4.98 Å². The molecule has 0 amide bonds. The molecule has 1 aromatic heterocycles. The number of ether oxygens (including phenoxy) is 1. The average molecular weight is 280 g/mol. The Kier molecular flexibility index (Phi) is 4.81. The minimum Gasteiger partial charge on any atom is -0.465 e. The molecule has 6 nitrogen and oxygen atoms in total. The van der Waals surface area contributed by atoms with E-state index in [0.717, 1.165) is 0 Å². The molecule has 0 N–H and O–H groups in total. The molecule has 20 heavy (non-hydrogen) atoms. The van der Waals surface area contributed by atoms with Crippen LogP contribution >= 0.6 is 0 Å². The number of Topliss-reactive ketones (excluding diaryl/α,β-unsaturated/α-hetero) is 1. The molecule has 110 valence electrons. The van der Waals surface area contributed by atoms with Crippen molar-refractivity contribution in [1.82, 2.24) is 9.55 Å². The van der Waals surface area contributed by atoms with Gasteiger partial charge in [0.25, 0.3) is 5.56 Å². The maximum Gasteiger partial charge on any atom is 0.319 e. The number of ketones is 1. The molecule has 0 fully saturated rings. The highest BCUT2D eigenvalue weighted by Gasteiger charge is 2.37. The Labute approximate surface area is 117 Å². The summed E-state index contributed by atoms with van der Waals surface area (Å²) in [7, 11) is 0. The number of carbonyl (C=O) groups excluding carboxylic acids is 2. The smallest absolute Gasteiger partial charge is 0.319 e. The second-order valence-corrected chi connectivity index (χ2v) is 5.14. The second kappa shape index (κ2) is 5.98. The first-order valence-corrected chi connectivity index (χ1v) is 6.45. The van der Waals surface area contributed by atoms with Crippen LogP contribution in [0.25, 0.3) is 0 Å². The summed E-state index contributed by atoms with van der Waals surface area (Å²) in [5, 5.41) is 0. The van der Waals surface area contributed by atoms with Crippen molar-refractivity contribution >= 4 is 11.8 Å². The highest BCUT2D eigenvalue weighted by atomic mass is 16.5. The summed E-state index contributed by atoms with van der Waals surface area (Å²) >= 11 is 0. The first kappa shape index (κ1) is 16.1. The SMILES string of the molecule is CCOC(=O)C(C)(C)C(=O)Cn1c(C)nc(C)cc1=O. The van der Waals surface area contributed by atoms with Crippen molar-refractivity contribution in [3.05, 3.63) is 27.9 Å². The molecule has 0 aliphatic carbocycles. The molecule has 0 aliphatic rings. The molecule has 0 radical (unpaired) electrons. The zero-order valence-corrected chi connectivity index (χ0v) is 12.5. The number of nitrogens with zero attached hydrogens (tertiary/aromatic N) is 2. The number of aryl methyl sites for hydroxylation is 2. The molecule has 0 unspecified atom stereocenters. The summed E-state index contributed by atoms with van der Waals surface area (Å²) in [6, 6.07) is 1.36. The van der Waals surface area contributed by atoms with E-state index >= 15 is 0 Å². The molecule has 6 heteroatoms. The summed E-state index contributed by atoms with van der Waals surface area (Å²) in [5.41, 5.74) is -0.990. The zero-order chi connectivity index (χ0) is 15.5. The van der Waals surface area contributed by atoms with E-state index in [0.29, 0.717) is 11.5 Å². The molecule has 1 aromatic rings. The number of hydrogen-bond donors (Lipinski definition) is 0. The molecule has 0 aliphatic heterocycles. The van der Waals surface area contributed by atoms with Crippen molar-refractivity contribution in [3.63, 3.8) is 0 Å². The maximum absolute atomic E-state index is 12.3. The number of hydrogen-bond acceptors (Lipinski definition) is 5. The van der Waals surface area contributed by atoms with Crippen LogP contribution in [0.3, 0.4) is 0 Å². The Balaban J connectivity index is 3.02. The third-order valence-corrected chi connectivity index (χ3v) is 3.11. The van der Waals surface area contributed by atoms with Crippen LogP contribution in [-0.4, -0.2) is 27.9 Å². The fourth-order valence-electron chi connectivity index (χ4n) is 1.72. The minimum absolute atomic E-state index is 0.191. The van der Waals surface area contributed by atoms with Crippen molar-refractivity contribution in [2.45, 2.75) is 41.2 Å². The summed E-state index contributed by atoms with van der Waals surface area (Å²) in [4.78, 5) is 40.0. The van der Waals surface area contributed by atoms with Crippen LogP contribution in [0.1, 0.15) is 32.3 Å². The van der Waals surface area contributed by atoms with Gasteiger partial charge < -0.3 is 4.74 Å². The van der Waals surface area contributed by atoms with E-state index in [1.807, 2.05) is 0 Å². The van der Waals surface area contributed by atoms with E-state index in [1.54, 1.807) is 20.8 Å². The molecule has 1 rings (SSSR count). The Hall–Kier alpha value is -1.98. The van der Waals surface area contributed by atoms with E-state index in [4.69, 9.17) is 4.74 Å². The van der Waals surface area contributed by atoms with E-state index in [1.165, 1.54) is 24.5 Å². The van der Waals surface area contributed by atoms with Gasteiger partial charge in [-0.15, -0.1) is 0 Å². The monoisotopic (exact) mass is 280 g/mol. The number of carbonyl (C=O) groups is 2. The number of aromatic nitrogens is 2. The predicted molar refractivity (Wildman–Crippen MR) is 73.4 cm³/mol. The Morgan fingerprint density at radius 3 is 2.45 bits per heavy atom. The average Bonchev–Trinajstić information content (AvgIpc) is 2.33. The van der Waals surface area contributed by atoms with E-state index < -0.39 is 11.4 Å². The normalized spacial score (nSPS) is 11.2. The van der Waals surface area contributed by atoms with Gasteiger partial charge >= 0.3 is 5.97 Å². The van der Waals surface area contributed by atoms with Crippen molar-refractivity contribution in [2.24, 2.45) is 5.41 Å². The summed E-state index contributed by atoms with van der Waals surface area (Å²) in [6.07, 6.45) is 0. The van der Waals surface area contributed by atoms with Gasteiger partial charge in [0.1, 0.15) is 11.2 Å². The lowest BCUT2D eigenvalue weighted by atomic mass is 9.88. The Morgan fingerprint density at radius 2 is 1.95 bits per heavy atom. The fourth-order valence-corrected chi connectivity index (χ4v) is 1.72. The zero-order valence-electron chi connectivity index (χ0n) is 12.5. The van der Waals surface area contributed by atoms with Crippen LogP contribution < -0.4 is 5.56 Å². The van der Waals surface area contributed by atoms with Gasteiger partial charge in [0.2, 0.25) is 0 Å². The third kappa shape index (κ3) is 3.31. The van der Waals surface area contributed by atoms with Crippen LogP contribution in [0.4, 0.5) is 0 Å². The van der Waals surface area contributed by atoms with E-state index in [9.17, 15) is 14.4 Å². The van der Waals surface area contributed by atoms with Gasteiger partial charge in [0, 0.05) is 11.8 Å². The van der Waals surface area contributed by atoms with Gasteiger partial charge in [0.15, 0.2) is 5.78 Å². The van der Waals surface area contributed by atoms with Crippen LogP contribution in [0, 0.1) is 19.3 Å². The first-order valence-electron chi connectivity index (χ1n) is 6.45. The van der Waals surface area contributed by atoms with E-state index in [2.05, 4.69) is 4.98 Å². The quantitative estimate of drug-likeness (QED) is 0.594. The van der Waals surface area contributed by atoms with Gasteiger partial charge in [-0.1, -0.05) is 0 Å². The van der Waals surface area contributed by atoms with Gasteiger partial charge in [-0.3, -0.25) is 19.0 Å². The van der Waals surface area contributed by atoms with Gasteiger partial charge in [0.05, 0.1) is 13.2 Å². The Bertz CT molecular complexity index is 587. The van der Waals surface area contributed by atoms with Crippen molar-refractivity contribution in [3.8, 4) is 0 Å². The molecule has 1 heterocycles. The largest absolute Gasteiger partial charge is 0.465 e. The molecule has 0 spiro atoms. The van der Waals surface area contributed by atoms with Gasteiger partial charge in [-0.2, -0.15) is 0 Å². The third-order valence-electron chi connectivity index (χ3n) is 3.11. The Morgan fingerprint density at radius 1 is 1.35 bits per heavy atom. The lowest BCUT2D eigenvalue weighted by Crippen LogP contribution is -2.39. The van der Waals surface area contributed by atoms with Crippen molar-refractivity contribution in [1.29, 1.82) is 0 Å². The van der Waals surface area contributed by atoms with Crippen LogP contribution in [0.15, 0.2) is 10.9 Å².